The van der Waals surface area contributed by atoms with Crippen LogP contribution < -0.4 is 10.1 Å². The van der Waals surface area contributed by atoms with Crippen molar-refractivity contribution < 1.29 is 28.6 Å². The zero-order chi connectivity index (χ0) is 21.4. The van der Waals surface area contributed by atoms with Gasteiger partial charge < -0.3 is 19.5 Å². The Morgan fingerprint density at radius 3 is 2.21 bits per heavy atom. The van der Waals surface area contributed by atoms with E-state index in [-0.39, 0.29) is 23.3 Å². The molecule has 2 aromatic rings. The molecule has 0 fully saturated rings. The molecular formula is C22H25NO6. The summed E-state index contributed by atoms with van der Waals surface area (Å²) >= 11 is 0. The SMILES string of the molecule is COC(=O)c1ccccc1NC(=O)COC(=O)COc1ccc(C(C)(C)C)cc1. The van der Waals surface area contributed by atoms with E-state index in [2.05, 4.69) is 30.8 Å². The molecule has 0 heterocycles. The summed E-state index contributed by atoms with van der Waals surface area (Å²) in [5, 5.41) is 2.52. The molecule has 1 amide bonds. The quantitative estimate of drug-likeness (QED) is 0.718. The predicted molar refractivity (Wildman–Crippen MR) is 108 cm³/mol. The lowest BCUT2D eigenvalue weighted by Gasteiger charge is -2.19. The van der Waals surface area contributed by atoms with E-state index in [4.69, 9.17) is 9.47 Å². The summed E-state index contributed by atoms with van der Waals surface area (Å²) in [7, 11) is 1.25. The Balaban J connectivity index is 1.81. The Hall–Kier alpha value is -3.35. The summed E-state index contributed by atoms with van der Waals surface area (Å²) in [6.45, 7) is 5.50. The fraction of sp³-hybridized carbons (Fsp3) is 0.318. The molecule has 0 atom stereocenters. The van der Waals surface area contributed by atoms with E-state index >= 15 is 0 Å². The number of hydrogen-bond acceptors (Lipinski definition) is 6. The first-order chi connectivity index (χ1) is 13.7. The van der Waals surface area contributed by atoms with Crippen LogP contribution in [0.1, 0.15) is 36.7 Å². The second kappa shape index (κ2) is 9.73. The van der Waals surface area contributed by atoms with Crippen LogP contribution in [0.15, 0.2) is 48.5 Å². The summed E-state index contributed by atoms with van der Waals surface area (Å²) in [5.74, 6) is -1.30. The third-order valence-electron chi connectivity index (χ3n) is 4.05. The van der Waals surface area contributed by atoms with E-state index in [1.807, 2.05) is 12.1 Å². The van der Waals surface area contributed by atoms with Crippen LogP contribution in [0, 0.1) is 0 Å². The Labute approximate surface area is 170 Å². The molecule has 29 heavy (non-hydrogen) atoms. The van der Waals surface area contributed by atoms with Gasteiger partial charge in [0.25, 0.3) is 5.91 Å². The molecule has 0 saturated heterocycles. The Kier molecular flexibility index (Phi) is 7.36. The van der Waals surface area contributed by atoms with E-state index in [0.717, 1.165) is 5.56 Å². The lowest BCUT2D eigenvalue weighted by Crippen LogP contribution is -2.24. The molecule has 1 N–H and O–H groups in total. The number of nitrogens with one attached hydrogen (secondary N) is 1. The third-order valence-corrected chi connectivity index (χ3v) is 4.05. The monoisotopic (exact) mass is 399 g/mol. The van der Waals surface area contributed by atoms with Crippen molar-refractivity contribution in [3.63, 3.8) is 0 Å². The van der Waals surface area contributed by atoms with Crippen molar-refractivity contribution in [3.05, 3.63) is 59.7 Å². The molecular weight excluding hydrogens is 374 g/mol. The zero-order valence-electron chi connectivity index (χ0n) is 17.0. The highest BCUT2D eigenvalue weighted by Crippen LogP contribution is 2.24. The maximum Gasteiger partial charge on any atom is 0.344 e. The zero-order valence-corrected chi connectivity index (χ0v) is 17.0. The first-order valence-electron chi connectivity index (χ1n) is 9.07. The number of para-hydroxylation sites is 1. The smallest absolute Gasteiger partial charge is 0.344 e. The van der Waals surface area contributed by atoms with Crippen molar-refractivity contribution in [2.24, 2.45) is 0 Å². The van der Waals surface area contributed by atoms with Crippen LogP contribution >= 0.6 is 0 Å². The van der Waals surface area contributed by atoms with E-state index in [1.54, 1.807) is 30.3 Å². The van der Waals surface area contributed by atoms with E-state index in [0.29, 0.717) is 5.75 Å². The molecule has 0 unspecified atom stereocenters. The van der Waals surface area contributed by atoms with Gasteiger partial charge >= 0.3 is 11.9 Å². The first-order valence-corrected chi connectivity index (χ1v) is 9.07. The molecule has 2 aromatic carbocycles. The molecule has 154 valence electrons. The summed E-state index contributed by atoms with van der Waals surface area (Å²) < 4.78 is 15.0. The van der Waals surface area contributed by atoms with Gasteiger partial charge in [-0.25, -0.2) is 9.59 Å². The van der Waals surface area contributed by atoms with Gasteiger partial charge in [-0.1, -0.05) is 45.0 Å². The molecule has 7 nitrogen and oxygen atoms in total. The number of anilines is 1. The average molecular weight is 399 g/mol. The largest absolute Gasteiger partial charge is 0.482 e. The number of hydrogen-bond donors (Lipinski definition) is 1. The maximum absolute atomic E-state index is 12.0. The molecule has 0 saturated carbocycles. The van der Waals surface area contributed by atoms with Crippen molar-refractivity contribution >= 4 is 23.5 Å². The second-order valence-corrected chi connectivity index (χ2v) is 7.31. The molecule has 7 heteroatoms. The van der Waals surface area contributed by atoms with Crippen LogP contribution in [0.3, 0.4) is 0 Å². The summed E-state index contributed by atoms with van der Waals surface area (Å²) in [4.78, 5) is 35.5. The third kappa shape index (κ3) is 6.64. The Morgan fingerprint density at radius 2 is 1.59 bits per heavy atom. The van der Waals surface area contributed by atoms with Crippen molar-refractivity contribution in [1.82, 2.24) is 0 Å². The molecule has 0 aliphatic rings. The van der Waals surface area contributed by atoms with Crippen LogP contribution in [0.5, 0.6) is 5.75 Å². The highest BCUT2D eigenvalue weighted by Gasteiger charge is 2.15. The summed E-state index contributed by atoms with van der Waals surface area (Å²) in [6.07, 6.45) is 0. The fourth-order valence-electron chi connectivity index (χ4n) is 2.45. The van der Waals surface area contributed by atoms with Gasteiger partial charge in [0.2, 0.25) is 0 Å². The van der Waals surface area contributed by atoms with Crippen LogP contribution in [-0.4, -0.2) is 38.2 Å². The number of esters is 2. The molecule has 0 aliphatic carbocycles. The highest BCUT2D eigenvalue weighted by atomic mass is 16.6. The van der Waals surface area contributed by atoms with Crippen LogP contribution in [0.25, 0.3) is 0 Å². The van der Waals surface area contributed by atoms with Gasteiger partial charge in [-0.3, -0.25) is 4.79 Å². The van der Waals surface area contributed by atoms with Gasteiger partial charge in [-0.15, -0.1) is 0 Å². The topological polar surface area (TPSA) is 90.9 Å². The van der Waals surface area contributed by atoms with Gasteiger partial charge in [0.1, 0.15) is 5.75 Å². The number of carbonyl (C=O) groups excluding carboxylic acids is 3. The first kappa shape index (κ1) is 21.9. The molecule has 0 bridgehead atoms. The highest BCUT2D eigenvalue weighted by molar-refractivity contribution is 6.01. The second-order valence-electron chi connectivity index (χ2n) is 7.31. The van der Waals surface area contributed by atoms with Crippen molar-refractivity contribution in [2.45, 2.75) is 26.2 Å². The molecule has 2 rings (SSSR count). The predicted octanol–water partition coefficient (Wildman–Crippen LogP) is 3.33. The van der Waals surface area contributed by atoms with Gasteiger partial charge in [0, 0.05) is 0 Å². The minimum Gasteiger partial charge on any atom is -0.482 e. The van der Waals surface area contributed by atoms with Crippen LogP contribution in [0.4, 0.5) is 5.69 Å². The lowest BCUT2D eigenvalue weighted by atomic mass is 9.87. The van der Waals surface area contributed by atoms with Crippen molar-refractivity contribution in [1.29, 1.82) is 0 Å². The minimum absolute atomic E-state index is 0.0251. The average Bonchev–Trinajstić information content (AvgIpc) is 2.70. The summed E-state index contributed by atoms with van der Waals surface area (Å²) in [6, 6.07) is 13.8. The number of methoxy groups -OCH3 is 1. The van der Waals surface area contributed by atoms with Crippen molar-refractivity contribution in [2.75, 3.05) is 25.6 Å². The maximum atomic E-state index is 12.0. The number of rotatable bonds is 7. The summed E-state index contributed by atoms with van der Waals surface area (Å²) in [5.41, 5.74) is 1.65. The molecule has 0 radical (unpaired) electrons. The van der Waals surface area contributed by atoms with Crippen LogP contribution in [-0.2, 0) is 24.5 Å². The minimum atomic E-state index is -0.679. The van der Waals surface area contributed by atoms with Crippen LogP contribution in [0.2, 0.25) is 0 Å². The number of ether oxygens (including phenoxy) is 3. The van der Waals surface area contributed by atoms with E-state index in [9.17, 15) is 14.4 Å². The lowest BCUT2D eigenvalue weighted by molar-refractivity contribution is -0.149. The normalized spacial score (nSPS) is 10.8. The number of carbonyl (C=O) groups is 3. The number of benzene rings is 2. The number of amides is 1. The standard InChI is InChI=1S/C22H25NO6/c1-22(2,3)15-9-11-16(12-10-15)28-14-20(25)29-13-19(24)23-18-8-6-5-7-17(18)21(26)27-4/h5-12H,13-14H2,1-4H3,(H,23,24). The fourth-order valence-corrected chi connectivity index (χ4v) is 2.45. The van der Waals surface area contributed by atoms with E-state index in [1.165, 1.54) is 13.2 Å². The van der Waals surface area contributed by atoms with Crippen molar-refractivity contribution in [3.8, 4) is 5.75 Å². The van der Waals surface area contributed by atoms with Gasteiger partial charge in [0.05, 0.1) is 18.4 Å². The van der Waals surface area contributed by atoms with Gasteiger partial charge in [0.15, 0.2) is 13.2 Å². The van der Waals surface area contributed by atoms with E-state index < -0.39 is 24.5 Å². The Morgan fingerprint density at radius 1 is 0.931 bits per heavy atom. The molecule has 0 aromatic heterocycles. The molecule has 0 spiro atoms. The molecule has 0 aliphatic heterocycles. The van der Waals surface area contributed by atoms with Gasteiger partial charge in [-0.05, 0) is 35.2 Å². The Bertz CT molecular complexity index is 868. The van der Waals surface area contributed by atoms with Gasteiger partial charge in [-0.2, -0.15) is 0 Å².